The summed E-state index contributed by atoms with van der Waals surface area (Å²) in [6.45, 7) is -0.289. The summed E-state index contributed by atoms with van der Waals surface area (Å²) in [6, 6.07) is 21.5. The largest absolute Gasteiger partial charge is 0.507 e. The van der Waals surface area contributed by atoms with Gasteiger partial charge in [0.1, 0.15) is 17.2 Å². The van der Waals surface area contributed by atoms with E-state index in [9.17, 15) is 10.2 Å². The first kappa shape index (κ1) is 14.9. The third kappa shape index (κ3) is 3.62. The minimum atomic E-state index is -0.289. The van der Waals surface area contributed by atoms with Crippen molar-refractivity contribution in [3.8, 4) is 28.7 Å². The van der Waals surface area contributed by atoms with Gasteiger partial charge in [0, 0.05) is 11.6 Å². The molecule has 0 bridgehead atoms. The monoisotopic (exact) mass is 308 g/mol. The van der Waals surface area contributed by atoms with Gasteiger partial charge in [0.25, 0.3) is 0 Å². The van der Waals surface area contributed by atoms with E-state index >= 15 is 0 Å². The zero-order chi connectivity index (χ0) is 16.1. The molecule has 116 valence electrons. The van der Waals surface area contributed by atoms with Crippen molar-refractivity contribution in [2.24, 2.45) is 0 Å². The van der Waals surface area contributed by atoms with Crippen LogP contribution in [0.2, 0.25) is 0 Å². The molecule has 3 rings (SSSR count). The minimum absolute atomic E-state index is 0.0427. The van der Waals surface area contributed by atoms with Crippen LogP contribution in [0, 0.1) is 0 Å². The van der Waals surface area contributed by atoms with Crippen LogP contribution in [-0.2, 0) is 6.61 Å². The number of aliphatic hydroxyl groups is 1. The van der Waals surface area contributed by atoms with Crippen molar-refractivity contribution in [2.75, 3.05) is 0 Å². The lowest BCUT2D eigenvalue weighted by Gasteiger charge is -2.14. The molecule has 0 aromatic heterocycles. The van der Waals surface area contributed by atoms with Crippen LogP contribution in [0.1, 0.15) is 5.56 Å². The maximum Gasteiger partial charge on any atom is 0.173 e. The summed E-state index contributed by atoms with van der Waals surface area (Å²) in [5.41, 5.74) is 0.372. The Hall–Kier alpha value is -2.98. The number of phenols is 1. The zero-order valence-corrected chi connectivity index (χ0v) is 12.3. The van der Waals surface area contributed by atoms with Gasteiger partial charge in [0.2, 0.25) is 0 Å². The number of hydrogen-bond donors (Lipinski definition) is 2. The van der Waals surface area contributed by atoms with E-state index in [0.29, 0.717) is 28.6 Å². The SMILES string of the molecule is OCc1cc(Oc2ccccc2)c(Oc2ccccc2)cc1O. The molecule has 0 fully saturated rings. The minimum Gasteiger partial charge on any atom is -0.507 e. The summed E-state index contributed by atoms with van der Waals surface area (Å²) >= 11 is 0. The highest BCUT2D eigenvalue weighted by molar-refractivity contribution is 5.52. The third-order valence-corrected chi connectivity index (χ3v) is 3.26. The van der Waals surface area contributed by atoms with E-state index in [1.165, 1.54) is 6.07 Å². The molecule has 4 nitrogen and oxygen atoms in total. The Bertz CT molecular complexity index is 770. The summed E-state index contributed by atoms with van der Waals surface area (Å²) in [5.74, 6) is 2.01. The molecule has 0 amide bonds. The normalized spacial score (nSPS) is 10.3. The first-order valence-corrected chi connectivity index (χ1v) is 7.19. The Labute approximate surface area is 134 Å². The summed E-state index contributed by atoms with van der Waals surface area (Å²) in [7, 11) is 0. The molecular formula is C19H16O4. The molecule has 0 aliphatic rings. The molecule has 2 N–H and O–H groups in total. The number of hydrogen-bond acceptors (Lipinski definition) is 4. The van der Waals surface area contributed by atoms with E-state index in [2.05, 4.69) is 0 Å². The molecule has 0 saturated carbocycles. The van der Waals surface area contributed by atoms with Gasteiger partial charge in [-0.1, -0.05) is 36.4 Å². The third-order valence-electron chi connectivity index (χ3n) is 3.26. The predicted molar refractivity (Wildman–Crippen MR) is 87.1 cm³/mol. The quantitative estimate of drug-likeness (QED) is 0.730. The van der Waals surface area contributed by atoms with Gasteiger partial charge in [-0.3, -0.25) is 0 Å². The molecule has 3 aromatic rings. The van der Waals surface area contributed by atoms with Crippen LogP contribution in [0.4, 0.5) is 0 Å². The maximum atomic E-state index is 9.96. The van der Waals surface area contributed by atoms with Gasteiger partial charge in [0.05, 0.1) is 6.61 Å². The number of para-hydroxylation sites is 2. The molecule has 0 spiro atoms. The van der Waals surface area contributed by atoms with Gasteiger partial charge >= 0.3 is 0 Å². The highest BCUT2D eigenvalue weighted by Crippen LogP contribution is 2.39. The second kappa shape index (κ2) is 6.85. The standard InChI is InChI=1S/C19H16O4/c20-13-14-11-18(22-15-7-3-1-4-8-15)19(12-17(14)21)23-16-9-5-2-6-10-16/h1-12,20-21H,13H2. The van der Waals surface area contributed by atoms with Crippen LogP contribution >= 0.6 is 0 Å². The average Bonchev–Trinajstić information content (AvgIpc) is 2.59. The Morgan fingerprint density at radius 1 is 0.696 bits per heavy atom. The summed E-state index contributed by atoms with van der Waals surface area (Å²) in [6.07, 6.45) is 0. The fraction of sp³-hybridized carbons (Fsp3) is 0.0526. The number of aliphatic hydroxyl groups excluding tert-OH is 1. The molecule has 0 heterocycles. The summed E-state index contributed by atoms with van der Waals surface area (Å²) in [5, 5.41) is 19.3. The van der Waals surface area contributed by atoms with E-state index in [1.54, 1.807) is 6.07 Å². The fourth-order valence-electron chi connectivity index (χ4n) is 2.11. The van der Waals surface area contributed by atoms with Crippen LogP contribution in [0.25, 0.3) is 0 Å². The van der Waals surface area contributed by atoms with Crippen molar-refractivity contribution in [2.45, 2.75) is 6.61 Å². The molecule has 0 aliphatic carbocycles. The lowest BCUT2D eigenvalue weighted by Crippen LogP contribution is -1.93. The van der Waals surface area contributed by atoms with E-state index in [1.807, 2.05) is 60.7 Å². The van der Waals surface area contributed by atoms with Crippen molar-refractivity contribution in [1.82, 2.24) is 0 Å². The Morgan fingerprint density at radius 3 is 1.65 bits per heavy atom. The van der Waals surface area contributed by atoms with E-state index < -0.39 is 0 Å². The van der Waals surface area contributed by atoms with E-state index in [-0.39, 0.29) is 12.4 Å². The highest BCUT2D eigenvalue weighted by Gasteiger charge is 2.13. The summed E-state index contributed by atoms with van der Waals surface area (Å²) in [4.78, 5) is 0. The highest BCUT2D eigenvalue weighted by atomic mass is 16.5. The molecule has 0 saturated heterocycles. The zero-order valence-electron chi connectivity index (χ0n) is 12.3. The van der Waals surface area contributed by atoms with Gasteiger partial charge in [-0.05, 0) is 30.3 Å². The molecule has 0 aliphatic heterocycles. The van der Waals surface area contributed by atoms with Crippen molar-refractivity contribution in [3.05, 3.63) is 78.4 Å². The first-order chi connectivity index (χ1) is 11.3. The molecule has 0 atom stereocenters. The lowest BCUT2D eigenvalue weighted by atomic mass is 10.2. The lowest BCUT2D eigenvalue weighted by molar-refractivity contribution is 0.274. The Morgan fingerprint density at radius 2 is 1.17 bits per heavy atom. The van der Waals surface area contributed by atoms with Gasteiger partial charge in [-0.2, -0.15) is 0 Å². The van der Waals surface area contributed by atoms with Gasteiger partial charge in [-0.15, -0.1) is 0 Å². The molecule has 0 radical (unpaired) electrons. The predicted octanol–water partition coefficient (Wildman–Crippen LogP) is 4.47. The Kier molecular flexibility index (Phi) is 4.45. The van der Waals surface area contributed by atoms with Crippen molar-refractivity contribution in [1.29, 1.82) is 0 Å². The van der Waals surface area contributed by atoms with Crippen molar-refractivity contribution in [3.63, 3.8) is 0 Å². The van der Waals surface area contributed by atoms with Gasteiger partial charge in [0.15, 0.2) is 11.5 Å². The smallest absolute Gasteiger partial charge is 0.173 e. The molecule has 23 heavy (non-hydrogen) atoms. The van der Waals surface area contributed by atoms with Crippen LogP contribution < -0.4 is 9.47 Å². The second-order valence-electron chi connectivity index (χ2n) is 4.92. The molecular weight excluding hydrogens is 292 g/mol. The van der Waals surface area contributed by atoms with Crippen LogP contribution in [0.3, 0.4) is 0 Å². The fourth-order valence-corrected chi connectivity index (χ4v) is 2.11. The molecule has 0 unspecified atom stereocenters. The number of benzene rings is 3. The number of ether oxygens (including phenoxy) is 2. The molecule has 3 aromatic carbocycles. The van der Waals surface area contributed by atoms with Crippen LogP contribution in [-0.4, -0.2) is 10.2 Å². The van der Waals surface area contributed by atoms with Gasteiger partial charge in [-0.25, -0.2) is 0 Å². The Balaban J connectivity index is 1.97. The van der Waals surface area contributed by atoms with Crippen LogP contribution in [0.5, 0.6) is 28.7 Å². The number of aromatic hydroxyl groups is 1. The number of rotatable bonds is 5. The molecule has 4 heteroatoms. The van der Waals surface area contributed by atoms with E-state index in [0.717, 1.165) is 0 Å². The maximum absolute atomic E-state index is 9.96. The summed E-state index contributed by atoms with van der Waals surface area (Å²) < 4.78 is 11.6. The van der Waals surface area contributed by atoms with Gasteiger partial charge < -0.3 is 19.7 Å². The topological polar surface area (TPSA) is 58.9 Å². The van der Waals surface area contributed by atoms with Crippen LogP contribution in [0.15, 0.2) is 72.8 Å². The van der Waals surface area contributed by atoms with Crippen molar-refractivity contribution >= 4 is 0 Å². The second-order valence-corrected chi connectivity index (χ2v) is 4.92. The van der Waals surface area contributed by atoms with Crippen molar-refractivity contribution < 1.29 is 19.7 Å². The first-order valence-electron chi connectivity index (χ1n) is 7.19. The average molecular weight is 308 g/mol. The van der Waals surface area contributed by atoms with E-state index in [4.69, 9.17) is 9.47 Å².